The van der Waals surface area contributed by atoms with Crippen molar-refractivity contribution in [1.82, 2.24) is 5.32 Å². The molecule has 1 saturated heterocycles. The Bertz CT molecular complexity index is 207. The van der Waals surface area contributed by atoms with Crippen LogP contribution in [-0.2, 0) is 4.74 Å². The highest BCUT2D eigenvalue weighted by molar-refractivity contribution is 4.98. The lowest BCUT2D eigenvalue weighted by Crippen LogP contribution is -2.61. The quantitative estimate of drug-likeness (QED) is 0.796. The van der Waals surface area contributed by atoms with Crippen LogP contribution in [0.3, 0.4) is 0 Å². The summed E-state index contributed by atoms with van der Waals surface area (Å²) in [7, 11) is 0. The average Bonchev–Trinajstić information content (AvgIpc) is 2.13. The van der Waals surface area contributed by atoms with Crippen molar-refractivity contribution in [3.8, 4) is 0 Å². The predicted molar refractivity (Wildman–Crippen MR) is 51.7 cm³/mol. The summed E-state index contributed by atoms with van der Waals surface area (Å²) in [5.41, 5.74) is -1.74. The maximum Gasteiger partial charge on any atom is 0.406 e. The van der Waals surface area contributed by atoms with Gasteiger partial charge in [0.15, 0.2) is 0 Å². The highest BCUT2D eigenvalue weighted by Gasteiger charge is 2.55. The summed E-state index contributed by atoms with van der Waals surface area (Å²) in [5.74, 6) is 0. The Kier molecular flexibility index (Phi) is 4.00. The van der Waals surface area contributed by atoms with Gasteiger partial charge in [-0.25, -0.2) is 0 Å². The van der Waals surface area contributed by atoms with E-state index in [2.05, 4.69) is 5.32 Å². The molecule has 2 unspecified atom stereocenters. The summed E-state index contributed by atoms with van der Waals surface area (Å²) < 4.78 is 44.1. The van der Waals surface area contributed by atoms with Crippen LogP contribution in [0.2, 0.25) is 0 Å². The minimum atomic E-state index is -4.19. The molecule has 1 aliphatic rings. The molecule has 1 rings (SSSR count). The Labute approximate surface area is 88.2 Å². The maximum absolute atomic E-state index is 13.0. The largest absolute Gasteiger partial charge is 0.406 e. The molecule has 0 aromatic carbocycles. The van der Waals surface area contributed by atoms with E-state index in [4.69, 9.17) is 4.74 Å². The molecular formula is C10H18F3NO. The minimum absolute atomic E-state index is 0.0104. The maximum atomic E-state index is 13.0. The lowest BCUT2D eigenvalue weighted by molar-refractivity contribution is -0.224. The van der Waals surface area contributed by atoms with Crippen LogP contribution in [0, 0.1) is 0 Å². The minimum Gasteiger partial charge on any atom is -0.378 e. The first-order valence-electron chi connectivity index (χ1n) is 5.34. The second-order valence-corrected chi connectivity index (χ2v) is 4.14. The third kappa shape index (κ3) is 2.84. The van der Waals surface area contributed by atoms with E-state index in [1.165, 1.54) is 0 Å². The number of nitrogens with one attached hydrogen (secondary N) is 1. The van der Waals surface area contributed by atoms with Gasteiger partial charge in [0, 0.05) is 13.0 Å². The number of alkyl halides is 3. The highest BCUT2D eigenvalue weighted by atomic mass is 19.4. The molecule has 0 aromatic rings. The first-order valence-corrected chi connectivity index (χ1v) is 5.34. The van der Waals surface area contributed by atoms with Crippen molar-refractivity contribution in [2.75, 3.05) is 13.2 Å². The zero-order valence-corrected chi connectivity index (χ0v) is 9.16. The number of halogens is 3. The van der Waals surface area contributed by atoms with Crippen molar-refractivity contribution in [1.29, 1.82) is 0 Å². The van der Waals surface area contributed by atoms with E-state index in [0.29, 0.717) is 13.0 Å². The summed E-state index contributed by atoms with van der Waals surface area (Å²) in [5, 5.41) is 2.65. The molecule has 1 aliphatic heterocycles. The van der Waals surface area contributed by atoms with Crippen molar-refractivity contribution < 1.29 is 17.9 Å². The molecule has 0 aromatic heterocycles. The third-order valence-corrected chi connectivity index (χ3v) is 2.82. The molecule has 2 atom stereocenters. The average molecular weight is 225 g/mol. The number of rotatable bonds is 3. The smallest absolute Gasteiger partial charge is 0.378 e. The fraction of sp³-hybridized carbons (Fsp3) is 1.00. The molecular weight excluding hydrogens is 207 g/mol. The molecule has 0 saturated carbocycles. The second-order valence-electron chi connectivity index (χ2n) is 4.14. The Balaban J connectivity index is 2.75. The molecule has 1 fully saturated rings. The highest BCUT2D eigenvalue weighted by Crippen LogP contribution is 2.39. The number of hydrogen-bond donors (Lipinski definition) is 1. The van der Waals surface area contributed by atoms with Crippen LogP contribution in [0.15, 0.2) is 0 Å². The molecule has 2 nitrogen and oxygen atoms in total. The summed E-state index contributed by atoms with van der Waals surface area (Å²) in [6.07, 6.45) is -3.80. The van der Waals surface area contributed by atoms with Gasteiger partial charge in [-0.1, -0.05) is 6.92 Å². The van der Waals surface area contributed by atoms with Gasteiger partial charge in [-0.05, 0) is 26.3 Å². The second kappa shape index (κ2) is 4.70. The van der Waals surface area contributed by atoms with Crippen molar-refractivity contribution in [2.45, 2.75) is 50.9 Å². The van der Waals surface area contributed by atoms with Crippen molar-refractivity contribution in [2.24, 2.45) is 0 Å². The monoisotopic (exact) mass is 225 g/mol. The molecule has 0 amide bonds. The normalized spacial score (nSPS) is 33.0. The van der Waals surface area contributed by atoms with E-state index in [0.717, 1.165) is 0 Å². The van der Waals surface area contributed by atoms with Crippen molar-refractivity contribution in [3.05, 3.63) is 0 Å². The van der Waals surface area contributed by atoms with Gasteiger partial charge in [0.05, 0.1) is 6.10 Å². The van der Waals surface area contributed by atoms with Gasteiger partial charge in [-0.2, -0.15) is 13.2 Å². The Morgan fingerprint density at radius 2 is 2.13 bits per heavy atom. The van der Waals surface area contributed by atoms with Gasteiger partial charge < -0.3 is 10.1 Å². The third-order valence-electron chi connectivity index (χ3n) is 2.82. The summed E-state index contributed by atoms with van der Waals surface area (Å²) in [4.78, 5) is 0. The SMILES string of the molecule is CCCNC1(C(F)(F)F)CCOC(C)C1. The Hall–Kier alpha value is -0.290. The van der Waals surface area contributed by atoms with Gasteiger partial charge >= 0.3 is 6.18 Å². The summed E-state index contributed by atoms with van der Waals surface area (Å²) >= 11 is 0. The van der Waals surface area contributed by atoms with Gasteiger partial charge in [-0.15, -0.1) is 0 Å². The van der Waals surface area contributed by atoms with E-state index in [1.54, 1.807) is 6.92 Å². The lowest BCUT2D eigenvalue weighted by Gasteiger charge is -2.42. The van der Waals surface area contributed by atoms with Gasteiger partial charge in [0.1, 0.15) is 5.54 Å². The molecule has 5 heteroatoms. The summed E-state index contributed by atoms with van der Waals surface area (Å²) in [6, 6.07) is 0. The van der Waals surface area contributed by atoms with Crippen LogP contribution < -0.4 is 5.32 Å². The molecule has 90 valence electrons. The zero-order valence-electron chi connectivity index (χ0n) is 9.16. The molecule has 0 aliphatic carbocycles. The van der Waals surface area contributed by atoms with Gasteiger partial charge in [-0.3, -0.25) is 0 Å². The first-order chi connectivity index (χ1) is 6.91. The molecule has 15 heavy (non-hydrogen) atoms. The van der Waals surface area contributed by atoms with Crippen molar-refractivity contribution >= 4 is 0 Å². The van der Waals surface area contributed by atoms with Gasteiger partial charge in [0.25, 0.3) is 0 Å². The fourth-order valence-corrected chi connectivity index (χ4v) is 1.97. The topological polar surface area (TPSA) is 21.3 Å². The van der Waals surface area contributed by atoms with Crippen molar-refractivity contribution in [3.63, 3.8) is 0 Å². The zero-order chi connectivity index (χ0) is 11.5. The van der Waals surface area contributed by atoms with Crippen LogP contribution in [-0.4, -0.2) is 31.0 Å². The Morgan fingerprint density at radius 3 is 2.60 bits per heavy atom. The van der Waals surface area contributed by atoms with E-state index in [1.807, 2.05) is 6.92 Å². The van der Waals surface area contributed by atoms with E-state index < -0.39 is 11.7 Å². The van der Waals surface area contributed by atoms with Crippen LogP contribution in [0.5, 0.6) is 0 Å². The molecule has 1 heterocycles. The Morgan fingerprint density at radius 1 is 1.47 bits per heavy atom. The van der Waals surface area contributed by atoms with Gasteiger partial charge in [0.2, 0.25) is 0 Å². The van der Waals surface area contributed by atoms with Crippen LogP contribution >= 0.6 is 0 Å². The standard InChI is InChI=1S/C10H18F3NO/c1-3-5-14-9(10(11,12)13)4-6-15-8(2)7-9/h8,14H,3-7H2,1-2H3. The predicted octanol–water partition coefficient (Wildman–Crippen LogP) is 2.49. The number of hydrogen-bond acceptors (Lipinski definition) is 2. The fourth-order valence-electron chi connectivity index (χ4n) is 1.97. The molecule has 0 bridgehead atoms. The van der Waals surface area contributed by atoms with Crippen LogP contribution in [0.25, 0.3) is 0 Å². The lowest BCUT2D eigenvalue weighted by atomic mass is 9.86. The van der Waals surface area contributed by atoms with Crippen LogP contribution in [0.1, 0.15) is 33.1 Å². The van der Waals surface area contributed by atoms with Crippen LogP contribution in [0.4, 0.5) is 13.2 Å². The van der Waals surface area contributed by atoms with E-state index >= 15 is 0 Å². The number of ether oxygens (including phenoxy) is 1. The summed E-state index contributed by atoms with van der Waals surface area (Å²) in [6.45, 7) is 4.12. The first kappa shape index (κ1) is 12.8. The van der Waals surface area contributed by atoms with E-state index in [9.17, 15) is 13.2 Å². The molecule has 1 N–H and O–H groups in total. The van der Waals surface area contributed by atoms with E-state index in [-0.39, 0.29) is 25.6 Å². The molecule has 0 radical (unpaired) electrons. The molecule has 0 spiro atoms.